The van der Waals surface area contributed by atoms with E-state index < -0.39 is 10.0 Å². The molecule has 1 saturated carbocycles. The monoisotopic (exact) mass is 444 g/mol. The van der Waals surface area contributed by atoms with Crippen LogP contribution < -0.4 is 14.5 Å². The van der Waals surface area contributed by atoms with Crippen molar-refractivity contribution in [1.29, 1.82) is 0 Å². The van der Waals surface area contributed by atoms with Gasteiger partial charge in [0.2, 0.25) is 15.9 Å². The molecule has 31 heavy (non-hydrogen) atoms. The Bertz CT molecular complexity index is 1080. The number of amides is 1. The normalized spacial score (nSPS) is 19.7. The van der Waals surface area contributed by atoms with Crippen LogP contribution in [0.3, 0.4) is 0 Å². The third-order valence-corrected chi connectivity index (χ3v) is 6.75. The zero-order valence-corrected chi connectivity index (χ0v) is 18.9. The summed E-state index contributed by atoms with van der Waals surface area (Å²) in [7, 11) is -1.58. The van der Waals surface area contributed by atoms with Crippen LogP contribution in [0.4, 0.5) is 11.5 Å². The van der Waals surface area contributed by atoms with E-state index in [2.05, 4.69) is 19.6 Å². The number of nitrogens with one attached hydrogen (secondary N) is 1. The molecule has 1 aliphatic heterocycles. The molecule has 0 bridgehead atoms. The van der Waals surface area contributed by atoms with Crippen LogP contribution in [0.25, 0.3) is 11.4 Å². The largest absolute Gasteiger partial charge is 0.340 e. The van der Waals surface area contributed by atoms with E-state index in [9.17, 15) is 13.2 Å². The molecular formula is C21H28N6O3S. The van der Waals surface area contributed by atoms with Crippen molar-refractivity contribution in [3.63, 3.8) is 0 Å². The molecule has 0 saturated heterocycles. The molecule has 2 aromatic heterocycles. The molecule has 1 unspecified atom stereocenters. The molecule has 1 fully saturated rings. The molecule has 1 N–H and O–H groups in total. The summed E-state index contributed by atoms with van der Waals surface area (Å²) >= 11 is 0. The van der Waals surface area contributed by atoms with Crippen molar-refractivity contribution in [3.8, 4) is 11.4 Å². The summed E-state index contributed by atoms with van der Waals surface area (Å²) in [6, 6.07) is 1.83. The van der Waals surface area contributed by atoms with Crippen LogP contribution in [0, 0.1) is 0 Å². The molecule has 1 amide bonds. The van der Waals surface area contributed by atoms with Gasteiger partial charge in [0.15, 0.2) is 11.6 Å². The van der Waals surface area contributed by atoms with E-state index in [1.54, 1.807) is 36.6 Å². The second kappa shape index (κ2) is 8.51. The van der Waals surface area contributed by atoms with Gasteiger partial charge in [-0.15, -0.1) is 0 Å². The minimum atomic E-state index is -3.35. The third kappa shape index (κ3) is 4.27. The number of hydrogen-bond donors (Lipinski definition) is 1. The lowest BCUT2D eigenvalue weighted by molar-refractivity contribution is -0.120. The second-order valence-electron chi connectivity index (χ2n) is 8.20. The average Bonchev–Trinajstić information content (AvgIpc) is 3.28. The predicted octanol–water partition coefficient (Wildman–Crippen LogP) is 2.09. The fourth-order valence-corrected chi connectivity index (χ4v) is 4.93. The Morgan fingerprint density at radius 1 is 1.23 bits per heavy atom. The van der Waals surface area contributed by atoms with Gasteiger partial charge >= 0.3 is 0 Å². The zero-order valence-electron chi connectivity index (χ0n) is 18.1. The van der Waals surface area contributed by atoms with Crippen molar-refractivity contribution >= 4 is 27.4 Å². The molecule has 10 heteroatoms. The maximum absolute atomic E-state index is 13.0. The molecular weight excluding hydrogens is 416 g/mol. The Balaban J connectivity index is 1.79. The minimum absolute atomic E-state index is 0.0696. The van der Waals surface area contributed by atoms with Crippen molar-refractivity contribution < 1.29 is 13.2 Å². The lowest BCUT2D eigenvalue weighted by atomic mass is 10.0. The maximum Gasteiger partial charge on any atom is 0.249 e. The first-order chi connectivity index (χ1) is 14.8. The first kappa shape index (κ1) is 21.6. The van der Waals surface area contributed by atoms with Gasteiger partial charge in [-0.1, -0.05) is 19.8 Å². The van der Waals surface area contributed by atoms with Crippen LogP contribution in [-0.2, 0) is 21.4 Å². The van der Waals surface area contributed by atoms with E-state index in [0.29, 0.717) is 29.1 Å². The van der Waals surface area contributed by atoms with Crippen LogP contribution >= 0.6 is 0 Å². The van der Waals surface area contributed by atoms with Crippen molar-refractivity contribution in [2.45, 2.75) is 57.7 Å². The van der Waals surface area contributed by atoms with E-state index >= 15 is 0 Å². The van der Waals surface area contributed by atoms with Gasteiger partial charge in [-0.3, -0.25) is 9.78 Å². The molecule has 3 heterocycles. The Labute approximate surface area is 183 Å². The van der Waals surface area contributed by atoms with Crippen molar-refractivity contribution in [2.75, 3.05) is 23.1 Å². The van der Waals surface area contributed by atoms with Gasteiger partial charge in [-0.2, -0.15) is 0 Å². The van der Waals surface area contributed by atoms with Gasteiger partial charge in [-0.25, -0.2) is 23.1 Å². The number of aromatic nitrogens is 3. The number of sulfonamides is 1. The van der Waals surface area contributed by atoms with Gasteiger partial charge in [0.05, 0.1) is 12.5 Å². The molecule has 2 aliphatic rings. The fourth-order valence-electron chi connectivity index (χ4n) is 4.51. The summed E-state index contributed by atoms with van der Waals surface area (Å²) < 4.78 is 25.6. The highest BCUT2D eigenvalue weighted by Gasteiger charge is 2.41. The molecule has 4 rings (SSSR count). The van der Waals surface area contributed by atoms with Crippen LogP contribution in [0.15, 0.2) is 24.7 Å². The number of carbonyl (C=O) groups excluding carboxylic acids is 1. The first-order valence-corrected chi connectivity index (χ1v) is 12.5. The Morgan fingerprint density at radius 3 is 2.65 bits per heavy atom. The van der Waals surface area contributed by atoms with Crippen molar-refractivity contribution in [3.05, 3.63) is 30.2 Å². The van der Waals surface area contributed by atoms with Crippen LogP contribution in [-0.4, -0.2) is 54.7 Å². The highest BCUT2D eigenvalue weighted by molar-refractivity contribution is 7.88. The van der Waals surface area contributed by atoms with E-state index in [-0.39, 0.29) is 24.5 Å². The molecule has 1 atom stereocenters. The maximum atomic E-state index is 13.0. The molecule has 1 aliphatic carbocycles. The molecule has 0 radical (unpaired) electrons. The second-order valence-corrected chi connectivity index (χ2v) is 10.0. The molecule has 9 nitrogen and oxygen atoms in total. The number of hydrogen-bond acceptors (Lipinski definition) is 7. The Morgan fingerprint density at radius 2 is 1.97 bits per heavy atom. The molecule has 166 valence electrons. The summed E-state index contributed by atoms with van der Waals surface area (Å²) in [4.78, 5) is 30.5. The standard InChI is InChI=1S/C21H28N6O3S/c1-4-17-21(28)26(2)18-13-23-19(25-20(18)27(17)15-7-5-6-8-15)16-9-10-22-11-14(16)12-24-31(3,29)30/h9-11,13,15,17,24H,4-8,12H2,1-3H3. The van der Waals surface area contributed by atoms with Crippen LogP contribution in [0.2, 0.25) is 0 Å². The highest BCUT2D eigenvalue weighted by Crippen LogP contribution is 2.40. The zero-order chi connectivity index (χ0) is 22.2. The van der Waals surface area contributed by atoms with Crippen LogP contribution in [0.1, 0.15) is 44.6 Å². The number of pyridine rings is 1. The predicted molar refractivity (Wildman–Crippen MR) is 119 cm³/mol. The average molecular weight is 445 g/mol. The summed E-state index contributed by atoms with van der Waals surface area (Å²) in [5.41, 5.74) is 2.11. The Hall–Kier alpha value is -2.59. The van der Waals surface area contributed by atoms with E-state index in [1.807, 2.05) is 6.92 Å². The summed E-state index contributed by atoms with van der Waals surface area (Å²) in [6.45, 7) is 2.13. The van der Waals surface area contributed by atoms with Crippen molar-refractivity contribution in [2.24, 2.45) is 0 Å². The van der Waals surface area contributed by atoms with Crippen molar-refractivity contribution in [1.82, 2.24) is 19.7 Å². The third-order valence-electron chi connectivity index (χ3n) is 6.08. The minimum Gasteiger partial charge on any atom is -0.340 e. The molecule has 0 aromatic carbocycles. The molecule has 0 spiro atoms. The lowest BCUT2D eigenvalue weighted by Crippen LogP contribution is -2.55. The van der Waals surface area contributed by atoms with E-state index in [1.165, 1.54) is 0 Å². The fraction of sp³-hybridized carbons (Fsp3) is 0.524. The van der Waals surface area contributed by atoms with E-state index in [0.717, 1.165) is 37.8 Å². The highest BCUT2D eigenvalue weighted by atomic mass is 32.2. The topological polar surface area (TPSA) is 108 Å². The number of fused-ring (bicyclic) bond motifs is 1. The molecule has 2 aromatic rings. The number of likely N-dealkylation sites (N-methyl/N-ethyl adjacent to an activating group) is 1. The summed E-state index contributed by atoms with van der Waals surface area (Å²) in [5.74, 6) is 1.33. The number of rotatable bonds is 6. The first-order valence-electron chi connectivity index (χ1n) is 10.6. The smallest absolute Gasteiger partial charge is 0.249 e. The van der Waals surface area contributed by atoms with Crippen LogP contribution in [0.5, 0.6) is 0 Å². The van der Waals surface area contributed by atoms with Gasteiger partial charge in [-0.05, 0) is 30.9 Å². The summed E-state index contributed by atoms with van der Waals surface area (Å²) in [5, 5.41) is 0. The summed E-state index contributed by atoms with van der Waals surface area (Å²) in [6.07, 6.45) is 11.2. The number of anilines is 2. The number of carbonyl (C=O) groups is 1. The van der Waals surface area contributed by atoms with Gasteiger partial charge < -0.3 is 9.80 Å². The number of nitrogens with zero attached hydrogens (tertiary/aromatic N) is 5. The van der Waals surface area contributed by atoms with Gasteiger partial charge in [0.1, 0.15) is 11.7 Å². The van der Waals surface area contributed by atoms with Gasteiger partial charge in [0.25, 0.3) is 0 Å². The Kier molecular flexibility index (Phi) is 5.94. The SMILES string of the molecule is CCC1C(=O)N(C)c2cnc(-c3ccncc3CNS(C)(=O)=O)nc2N1C1CCCC1. The van der Waals surface area contributed by atoms with Gasteiger partial charge in [0, 0.05) is 37.6 Å². The quantitative estimate of drug-likeness (QED) is 0.727. The van der Waals surface area contributed by atoms with E-state index in [4.69, 9.17) is 4.98 Å². The lowest BCUT2D eigenvalue weighted by Gasteiger charge is -2.43.